The van der Waals surface area contributed by atoms with Gasteiger partial charge in [-0.3, -0.25) is 9.59 Å². The van der Waals surface area contributed by atoms with E-state index in [1.165, 1.54) is 83.5 Å². The molecule has 64 heavy (non-hydrogen) atoms. The first-order valence-electron chi connectivity index (χ1n) is 26.2. The first-order chi connectivity index (χ1) is 31.5. The zero-order valence-electron chi connectivity index (χ0n) is 41.4. The van der Waals surface area contributed by atoms with E-state index in [1.54, 1.807) is 0 Å². The van der Waals surface area contributed by atoms with Crippen LogP contribution in [0.2, 0.25) is 0 Å². The summed E-state index contributed by atoms with van der Waals surface area (Å²) in [6.45, 7) is 6.20. The minimum Gasteiger partial charge on any atom is -0.462 e. The van der Waals surface area contributed by atoms with Crippen LogP contribution >= 0.6 is 0 Å². The van der Waals surface area contributed by atoms with E-state index in [0.717, 1.165) is 89.9 Å². The standard InChI is InChI=1S/C58H97NO5/c1-4-7-10-13-16-19-22-25-28-30-32-35-38-41-44-47-50-56(61)55(53-60)59-57(62)52-54(49-46-43-40-37-34-31-29-26-23-20-17-14-11-8-5-2)64-58(63)51-48-45-42-39-36-33-27-24-21-18-15-12-9-6-3/h8-9,11-12,14,17-18,20-21,23,26-27,29,31,33-34,37,40,54-56,60-61H,4-7,10,13,15-16,19,22,24-25,28,30,32,35-36,38-39,41-53H2,1-3H3,(H,59,62)/b11-8-,12-9+,17-14+,21-18+,23-20+,29-26-,33-27+,34-31+,40-37+. The summed E-state index contributed by atoms with van der Waals surface area (Å²) in [5, 5.41) is 23.8. The van der Waals surface area contributed by atoms with Crippen LogP contribution in [0.15, 0.2) is 109 Å². The molecule has 6 nitrogen and oxygen atoms in total. The molecule has 0 bridgehead atoms. The summed E-state index contributed by atoms with van der Waals surface area (Å²) in [5.41, 5.74) is 0. The zero-order valence-corrected chi connectivity index (χ0v) is 41.4. The molecule has 0 aliphatic heterocycles. The van der Waals surface area contributed by atoms with Gasteiger partial charge in [-0.1, -0.05) is 246 Å². The number of nitrogens with one attached hydrogen (secondary N) is 1. The predicted molar refractivity (Wildman–Crippen MR) is 277 cm³/mol. The second-order valence-corrected chi connectivity index (χ2v) is 17.3. The number of rotatable bonds is 45. The Labute approximate surface area is 394 Å². The highest BCUT2D eigenvalue weighted by atomic mass is 16.5. The number of aliphatic hydroxyl groups is 2. The second kappa shape index (κ2) is 50.5. The SMILES string of the molecule is CC\C=C/C=C/C=C/C=C\C=C\C=C\CCCC(CC(=O)NC(CO)C(O)CCCCCCCCCCCCCCCCCC)OC(=O)CCCCCC/C=C/C/C=C/C/C=C/CC. The molecule has 0 spiro atoms. The maximum absolute atomic E-state index is 13.2. The van der Waals surface area contributed by atoms with Gasteiger partial charge in [-0.15, -0.1) is 0 Å². The van der Waals surface area contributed by atoms with Crippen molar-refractivity contribution in [1.29, 1.82) is 0 Å². The first-order valence-corrected chi connectivity index (χ1v) is 26.2. The summed E-state index contributed by atoms with van der Waals surface area (Å²) in [5.74, 6) is -0.584. The van der Waals surface area contributed by atoms with Gasteiger partial charge >= 0.3 is 5.97 Å². The van der Waals surface area contributed by atoms with Gasteiger partial charge in [0.05, 0.1) is 25.2 Å². The van der Waals surface area contributed by atoms with Crippen molar-refractivity contribution in [1.82, 2.24) is 5.32 Å². The van der Waals surface area contributed by atoms with Crippen LogP contribution in [0.1, 0.15) is 220 Å². The van der Waals surface area contributed by atoms with Crippen LogP contribution in [0.25, 0.3) is 0 Å². The fourth-order valence-electron chi connectivity index (χ4n) is 7.36. The molecule has 6 heteroatoms. The molecule has 0 aromatic rings. The number of unbranched alkanes of at least 4 members (excludes halogenated alkanes) is 20. The van der Waals surface area contributed by atoms with Crippen LogP contribution in [0.3, 0.4) is 0 Å². The number of ether oxygens (including phenoxy) is 1. The van der Waals surface area contributed by atoms with E-state index in [4.69, 9.17) is 4.74 Å². The Kier molecular flexibility index (Phi) is 47.8. The highest BCUT2D eigenvalue weighted by Gasteiger charge is 2.24. The molecule has 0 aromatic heterocycles. The van der Waals surface area contributed by atoms with Crippen LogP contribution in [0, 0.1) is 0 Å². The third kappa shape index (κ3) is 45.1. The maximum atomic E-state index is 13.2. The summed E-state index contributed by atoms with van der Waals surface area (Å²) in [4.78, 5) is 26.1. The average molecular weight is 888 g/mol. The molecule has 3 atom stereocenters. The van der Waals surface area contributed by atoms with Gasteiger partial charge < -0.3 is 20.3 Å². The Bertz CT molecular complexity index is 1320. The summed E-state index contributed by atoms with van der Waals surface area (Å²) in [6, 6.07) is -0.738. The Morgan fingerprint density at radius 3 is 1.48 bits per heavy atom. The quantitative estimate of drug-likeness (QED) is 0.0245. The van der Waals surface area contributed by atoms with Crippen molar-refractivity contribution >= 4 is 11.9 Å². The second-order valence-electron chi connectivity index (χ2n) is 17.3. The van der Waals surface area contributed by atoms with Gasteiger partial charge in [0.1, 0.15) is 6.10 Å². The lowest BCUT2D eigenvalue weighted by Crippen LogP contribution is -2.46. The van der Waals surface area contributed by atoms with E-state index in [2.05, 4.69) is 74.7 Å². The van der Waals surface area contributed by atoms with E-state index < -0.39 is 18.2 Å². The summed E-state index contributed by atoms with van der Waals surface area (Å²) < 4.78 is 5.88. The number of amides is 1. The first kappa shape index (κ1) is 60.5. The number of hydrogen-bond donors (Lipinski definition) is 3. The number of carbonyl (C=O) groups excluding carboxylic acids is 2. The van der Waals surface area contributed by atoms with E-state index in [1.807, 2.05) is 60.8 Å². The fourth-order valence-corrected chi connectivity index (χ4v) is 7.36. The monoisotopic (exact) mass is 888 g/mol. The third-order valence-corrected chi connectivity index (χ3v) is 11.3. The minimum atomic E-state index is -0.819. The highest BCUT2D eigenvalue weighted by molar-refractivity contribution is 5.77. The van der Waals surface area contributed by atoms with Gasteiger partial charge in [0.2, 0.25) is 5.91 Å². The normalized spacial score (nSPS) is 14.1. The van der Waals surface area contributed by atoms with Gasteiger partial charge in [-0.05, 0) is 70.6 Å². The Hall–Kier alpha value is -3.48. The van der Waals surface area contributed by atoms with E-state index in [0.29, 0.717) is 19.3 Å². The molecule has 1 amide bonds. The minimum absolute atomic E-state index is 0.0109. The van der Waals surface area contributed by atoms with Crippen molar-refractivity contribution in [3.63, 3.8) is 0 Å². The van der Waals surface area contributed by atoms with E-state index in [9.17, 15) is 19.8 Å². The van der Waals surface area contributed by atoms with Crippen molar-refractivity contribution in [2.45, 2.75) is 238 Å². The number of allylic oxidation sites excluding steroid dienone is 18. The number of esters is 1. The van der Waals surface area contributed by atoms with Crippen molar-refractivity contribution in [2.75, 3.05) is 6.61 Å². The lowest BCUT2D eigenvalue weighted by molar-refractivity contribution is -0.151. The van der Waals surface area contributed by atoms with Crippen LogP contribution < -0.4 is 5.32 Å². The molecule has 0 rings (SSSR count). The van der Waals surface area contributed by atoms with Gasteiger partial charge in [0, 0.05) is 6.42 Å². The molecular formula is C58H97NO5. The number of aliphatic hydroxyl groups excluding tert-OH is 2. The molecule has 0 radical (unpaired) electrons. The molecule has 3 unspecified atom stereocenters. The largest absolute Gasteiger partial charge is 0.462 e. The summed E-state index contributed by atoms with van der Waals surface area (Å²) in [7, 11) is 0. The smallest absolute Gasteiger partial charge is 0.306 e. The van der Waals surface area contributed by atoms with Crippen LogP contribution in [-0.2, 0) is 14.3 Å². The van der Waals surface area contributed by atoms with Gasteiger partial charge in [0.15, 0.2) is 0 Å². The molecule has 0 aliphatic carbocycles. The molecule has 0 saturated heterocycles. The highest BCUT2D eigenvalue weighted by Crippen LogP contribution is 2.17. The summed E-state index contributed by atoms with van der Waals surface area (Å²) >= 11 is 0. The molecule has 0 heterocycles. The molecule has 0 saturated carbocycles. The fraction of sp³-hybridized carbons (Fsp3) is 0.655. The molecule has 0 aromatic carbocycles. The van der Waals surface area contributed by atoms with Gasteiger partial charge in [-0.2, -0.15) is 0 Å². The van der Waals surface area contributed by atoms with Gasteiger partial charge in [-0.25, -0.2) is 0 Å². The topological polar surface area (TPSA) is 95.9 Å². The van der Waals surface area contributed by atoms with Crippen molar-refractivity contribution in [3.8, 4) is 0 Å². The van der Waals surface area contributed by atoms with Gasteiger partial charge in [0.25, 0.3) is 0 Å². The lowest BCUT2D eigenvalue weighted by Gasteiger charge is -2.24. The molecular weight excluding hydrogens is 791 g/mol. The van der Waals surface area contributed by atoms with E-state index >= 15 is 0 Å². The molecule has 364 valence electrons. The van der Waals surface area contributed by atoms with Crippen LogP contribution in [0.5, 0.6) is 0 Å². The van der Waals surface area contributed by atoms with E-state index in [-0.39, 0.29) is 24.9 Å². The predicted octanol–water partition coefficient (Wildman–Crippen LogP) is 15.9. The van der Waals surface area contributed by atoms with Crippen molar-refractivity contribution in [3.05, 3.63) is 109 Å². The third-order valence-electron chi connectivity index (χ3n) is 11.3. The Morgan fingerprint density at radius 1 is 0.484 bits per heavy atom. The average Bonchev–Trinajstić information content (AvgIpc) is 3.29. The van der Waals surface area contributed by atoms with Crippen molar-refractivity contribution < 1.29 is 24.5 Å². The summed E-state index contributed by atoms with van der Waals surface area (Å²) in [6.07, 6.45) is 68.6. The Morgan fingerprint density at radius 2 is 0.938 bits per heavy atom. The van der Waals surface area contributed by atoms with Crippen molar-refractivity contribution in [2.24, 2.45) is 0 Å². The molecule has 0 aliphatic rings. The number of carbonyl (C=O) groups is 2. The number of hydrogen-bond acceptors (Lipinski definition) is 5. The lowest BCUT2D eigenvalue weighted by atomic mass is 10.0. The van der Waals surface area contributed by atoms with Crippen LogP contribution in [-0.4, -0.2) is 46.9 Å². The molecule has 0 fully saturated rings. The Balaban J connectivity index is 4.73. The molecule has 3 N–H and O–H groups in total. The zero-order chi connectivity index (χ0) is 46.7. The van der Waals surface area contributed by atoms with Crippen LogP contribution in [0.4, 0.5) is 0 Å². The maximum Gasteiger partial charge on any atom is 0.306 e.